The lowest BCUT2D eigenvalue weighted by atomic mass is 9.34. The number of hydrogen-bond donors (Lipinski definition) is 0. The maximum Gasteiger partial charge on any atom is 0.252 e. The van der Waals surface area contributed by atoms with Crippen LogP contribution in [0.2, 0.25) is 0 Å². The van der Waals surface area contributed by atoms with Crippen LogP contribution in [0.15, 0.2) is 121 Å². The van der Waals surface area contributed by atoms with Crippen molar-refractivity contribution >= 4 is 93.5 Å². The Hall–Kier alpha value is -4.80. The van der Waals surface area contributed by atoms with Gasteiger partial charge in [0.2, 0.25) is 0 Å². The van der Waals surface area contributed by atoms with Gasteiger partial charge in [-0.2, -0.15) is 0 Å². The fourth-order valence-electron chi connectivity index (χ4n) is 7.55. The molecule has 2 nitrogen and oxygen atoms in total. The molecule has 41 heavy (non-hydrogen) atoms. The number of anilines is 3. The average Bonchev–Trinajstić information content (AvgIpc) is 3.59. The quantitative estimate of drug-likeness (QED) is 0.191. The molecule has 0 N–H and O–H groups in total. The number of aryl methyl sites for hydroxylation is 1. The second-order valence-corrected chi connectivity index (χ2v) is 12.2. The van der Waals surface area contributed by atoms with Gasteiger partial charge in [0.25, 0.3) is 6.71 Å². The predicted octanol–water partition coefficient (Wildman–Crippen LogP) is 8.07. The summed E-state index contributed by atoms with van der Waals surface area (Å²) in [5.74, 6) is 0. The van der Waals surface area contributed by atoms with E-state index in [2.05, 4.69) is 100 Å². The van der Waals surface area contributed by atoms with E-state index in [-0.39, 0.29) is 6.71 Å². The van der Waals surface area contributed by atoms with E-state index < -0.39 is 6.85 Å². The Bertz CT molecular complexity index is 2510. The van der Waals surface area contributed by atoms with E-state index in [9.17, 15) is 0 Å². The van der Waals surface area contributed by atoms with E-state index in [0.717, 1.165) is 33.7 Å². The van der Waals surface area contributed by atoms with Gasteiger partial charge >= 0.3 is 0 Å². The molecule has 0 unspecified atom stereocenters. The van der Waals surface area contributed by atoms with E-state index in [4.69, 9.17) is 4.11 Å². The van der Waals surface area contributed by atoms with Crippen LogP contribution < -0.4 is 21.3 Å². The van der Waals surface area contributed by atoms with Gasteiger partial charge in [-0.05, 0) is 71.3 Å². The second kappa shape index (κ2) is 7.69. The van der Waals surface area contributed by atoms with Crippen LogP contribution in [-0.4, -0.2) is 11.3 Å². The number of hydrogen-bond acceptors (Lipinski definition) is 2. The highest BCUT2D eigenvalue weighted by molar-refractivity contribution is 7.26. The molecule has 4 heteroatoms. The standard InChI is InChI=1S/C37H23BN2S/c1-22-20-30-35-31(21-22)40-36-24(25-18-19-33-34(37(25)40)26-12-5-8-17-32(26)41-33)13-9-15-28(36)38(35)27-14-6-7-16-29(27)39(30)23-10-3-2-4-11-23/h2-21H,1H3/i1D3. The molecule has 190 valence electrons. The molecule has 0 radical (unpaired) electrons. The lowest BCUT2D eigenvalue weighted by Gasteiger charge is -2.40. The lowest BCUT2D eigenvalue weighted by Crippen LogP contribution is -2.60. The molecule has 0 aliphatic carbocycles. The molecule has 0 atom stereocenters. The van der Waals surface area contributed by atoms with Gasteiger partial charge in [0.15, 0.2) is 0 Å². The zero-order valence-electron chi connectivity index (χ0n) is 24.9. The van der Waals surface area contributed by atoms with Gasteiger partial charge in [-0.1, -0.05) is 78.9 Å². The summed E-state index contributed by atoms with van der Waals surface area (Å²) in [5, 5.41) is 4.85. The van der Waals surface area contributed by atoms with E-state index in [1.165, 1.54) is 47.4 Å². The molecular weight excluding hydrogens is 515 g/mol. The molecule has 2 aliphatic heterocycles. The van der Waals surface area contributed by atoms with Crippen molar-refractivity contribution in [3.8, 4) is 5.69 Å². The largest absolute Gasteiger partial charge is 0.311 e. The fourth-order valence-corrected chi connectivity index (χ4v) is 8.66. The molecule has 2 aromatic heterocycles. The highest BCUT2D eigenvalue weighted by Gasteiger charge is 2.42. The Kier molecular flexibility index (Phi) is 3.62. The number of benzene rings is 6. The van der Waals surface area contributed by atoms with E-state index in [1.807, 2.05) is 41.7 Å². The van der Waals surface area contributed by atoms with Crippen molar-refractivity contribution in [1.82, 2.24) is 4.57 Å². The minimum absolute atomic E-state index is 0.0305. The molecule has 0 spiro atoms. The first-order valence-corrected chi connectivity index (χ1v) is 14.8. The minimum atomic E-state index is -2.27. The summed E-state index contributed by atoms with van der Waals surface area (Å²) in [6.07, 6.45) is 0. The third-order valence-corrected chi connectivity index (χ3v) is 10.2. The minimum Gasteiger partial charge on any atom is -0.311 e. The van der Waals surface area contributed by atoms with Crippen LogP contribution in [0.5, 0.6) is 0 Å². The molecule has 2 aliphatic rings. The SMILES string of the molecule is [2H]C([2H])([2H])c1cc2c3c(c1)-n1c4c(cccc4c4ccc5sc6ccccc6c5c41)B3c1ccccc1N2c1ccccc1. The summed E-state index contributed by atoms with van der Waals surface area (Å²) in [7, 11) is 0. The van der Waals surface area contributed by atoms with Crippen molar-refractivity contribution < 1.29 is 4.11 Å². The van der Waals surface area contributed by atoms with Crippen molar-refractivity contribution in [2.45, 2.75) is 6.85 Å². The number of aromatic nitrogens is 1. The predicted molar refractivity (Wildman–Crippen MR) is 178 cm³/mol. The van der Waals surface area contributed by atoms with Gasteiger partial charge in [0, 0.05) is 63.3 Å². The molecule has 4 heterocycles. The number of para-hydroxylation sites is 3. The summed E-state index contributed by atoms with van der Waals surface area (Å²) in [5.41, 5.74) is 10.3. The third-order valence-electron chi connectivity index (χ3n) is 9.04. The maximum absolute atomic E-state index is 8.58. The summed E-state index contributed by atoms with van der Waals surface area (Å²) in [6, 6.07) is 42.6. The van der Waals surface area contributed by atoms with Gasteiger partial charge in [-0.25, -0.2) is 0 Å². The Morgan fingerprint density at radius 1 is 0.610 bits per heavy atom. The van der Waals surface area contributed by atoms with Crippen molar-refractivity contribution in [3.63, 3.8) is 0 Å². The molecule has 6 aromatic carbocycles. The van der Waals surface area contributed by atoms with E-state index >= 15 is 0 Å². The first kappa shape index (κ1) is 19.3. The van der Waals surface area contributed by atoms with Crippen LogP contribution in [0.25, 0.3) is 47.7 Å². The van der Waals surface area contributed by atoms with Crippen molar-refractivity contribution in [3.05, 3.63) is 127 Å². The van der Waals surface area contributed by atoms with Crippen molar-refractivity contribution in [2.75, 3.05) is 4.90 Å². The summed E-state index contributed by atoms with van der Waals surface area (Å²) < 4.78 is 30.6. The number of thiophene rings is 1. The van der Waals surface area contributed by atoms with Crippen LogP contribution in [-0.2, 0) is 0 Å². The Labute approximate surface area is 246 Å². The van der Waals surface area contributed by atoms with Gasteiger partial charge < -0.3 is 9.47 Å². The molecule has 0 fully saturated rings. The fraction of sp³-hybridized carbons (Fsp3) is 0.0270. The molecule has 8 aromatic rings. The average molecular weight is 542 g/mol. The molecule has 0 amide bonds. The van der Waals surface area contributed by atoms with Crippen LogP contribution in [0.1, 0.15) is 9.68 Å². The van der Waals surface area contributed by atoms with Crippen molar-refractivity contribution in [2.24, 2.45) is 0 Å². The van der Waals surface area contributed by atoms with Crippen LogP contribution in [0.3, 0.4) is 0 Å². The Morgan fingerprint density at radius 2 is 1.37 bits per heavy atom. The normalized spacial score (nSPS) is 14.8. The van der Waals surface area contributed by atoms with Crippen LogP contribution in [0, 0.1) is 6.85 Å². The van der Waals surface area contributed by atoms with Gasteiger partial charge in [-0.3, -0.25) is 0 Å². The monoisotopic (exact) mass is 541 g/mol. The molecule has 10 rings (SSSR count). The summed E-state index contributed by atoms with van der Waals surface area (Å²) >= 11 is 1.81. The molecule has 0 saturated carbocycles. The van der Waals surface area contributed by atoms with Crippen LogP contribution in [0.4, 0.5) is 17.1 Å². The second-order valence-electron chi connectivity index (χ2n) is 11.1. The lowest BCUT2D eigenvalue weighted by molar-refractivity contribution is 1.17. The Morgan fingerprint density at radius 3 is 2.29 bits per heavy atom. The zero-order chi connectivity index (χ0) is 29.3. The number of rotatable bonds is 1. The van der Waals surface area contributed by atoms with Crippen LogP contribution >= 0.6 is 11.3 Å². The molecule has 0 bridgehead atoms. The summed E-state index contributed by atoms with van der Waals surface area (Å²) in [6.45, 7) is -2.30. The van der Waals surface area contributed by atoms with Gasteiger partial charge in [-0.15, -0.1) is 11.3 Å². The smallest absolute Gasteiger partial charge is 0.252 e. The maximum atomic E-state index is 8.58. The summed E-state index contributed by atoms with van der Waals surface area (Å²) in [4.78, 5) is 2.26. The third kappa shape index (κ3) is 2.69. The zero-order valence-corrected chi connectivity index (χ0v) is 22.7. The Balaban J connectivity index is 1.46. The first-order valence-electron chi connectivity index (χ1n) is 15.5. The highest BCUT2D eigenvalue weighted by atomic mass is 32.1. The molecule has 0 saturated heterocycles. The number of fused-ring (bicyclic) bond motifs is 11. The first-order chi connectivity index (χ1) is 21.5. The van der Waals surface area contributed by atoms with Gasteiger partial charge in [0.1, 0.15) is 0 Å². The number of nitrogens with zero attached hydrogens (tertiary/aromatic N) is 2. The highest BCUT2D eigenvalue weighted by Crippen LogP contribution is 2.45. The molecular formula is C37H23BN2S. The topological polar surface area (TPSA) is 8.17 Å². The van der Waals surface area contributed by atoms with Crippen molar-refractivity contribution in [1.29, 1.82) is 0 Å². The van der Waals surface area contributed by atoms with Gasteiger partial charge in [0.05, 0.1) is 5.52 Å². The van der Waals surface area contributed by atoms with E-state index in [0.29, 0.717) is 5.56 Å². The van der Waals surface area contributed by atoms with E-state index in [1.54, 1.807) is 0 Å².